The molecule has 2 rings (SSSR count). The first-order valence-electron chi connectivity index (χ1n) is 5.16. The zero-order valence-electron chi connectivity index (χ0n) is 9.13. The van der Waals surface area contributed by atoms with Crippen molar-refractivity contribution in [3.63, 3.8) is 0 Å². The highest BCUT2D eigenvalue weighted by atomic mass is 16.1. The van der Waals surface area contributed by atoms with Crippen molar-refractivity contribution in [2.24, 2.45) is 0 Å². The number of nitrogen functional groups attached to an aromatic ring is 1. The van der Waals surface area contributed by atoms with E-state index in [-0.39, 0.29) is 5.69 Å². The van der Waals surface area contributed by atoms with E-state index >= 15 is 0 Å². The van der Waals surface area contributed by atoms with Crippen LogP contribution >= 0.6 is 0 Å². The fourth-order valence-corrected chi connectivity index (χ4v) is 1.60. The van der Waals surface area contributed by atoms with Crippen LogP contribution in [0.5, 0.6) is 0 Å². The molecule has 2 aromatic heterocycles. The molecule has 0 aliphatic rings. The minimum absolute atomic E-state index is 0.00196. The summed E-state index contributed by atoms with van der Waals surface area (Å²) in [5.74, 6) is 0.473. The Morgan fingerprint density at radius 1 is 1.38 bits per heavy atom. The predicted octanol–water partition coefficient (Wildman–Crippen LogP) is 0.695. The van der Waals surface area contributed by atoms with E-state index in [1.165, 1.54) is 0 Å². The summed E-state index contributed by atoms with van der Waals surface area (Å²) in [7, 11) is 0. The summed E-state index contributed by atoms with van der Waals surface area (Å²) < 4.78 is 3.31. The van der Waals surface area contributed by atoms with E-state index < -0.39 is 0 Å². The van der Waals surface area contributed by atoms with Crippen LogP contribution in [0.2, 0.25) is 0 Å². The van der Waals surface area contributed by atoms with Crippen molar-refractivity contribution < 1.29 is 0 Å². The first-order valence-corrected chi connectivity index (χ1v) is 5.16. The molecule has 0 atom stereocenters. The van der Waals surface area contributed by atoms with Crippen LogP contribution in [0, 0.1) is 0 Å². The molecule has 0 aliphatic heterocycles. The summed E-state index contributed by atoms with van der Waals surface area (Å²) >= 11 is 0. The van der Waals surface area contributed by atoms with Gasteiger partial charge in [0.15, 0.2) is 0 Å². The third kappa shape index (κ3) is 1.98. The number of imidazole rings is 1. The Kier molecular flexibility index (Phi) is 2.76. The average molecular weight is 218 g/mol. The van der Waals surface area contributed by atoms with E-state index in [4.69, 9.17) is 5.73 Å². The molecule has 0 spiro atoms. The van der Waals surface area contributed by atoms with Crippen molar-refractivity contribution in [2.45, 2.75) is 20.0 Å². The smallest absolute Gasteiger partial charge is 0.328 e. The Hall–Kier alpha value is -2.04. The zero-order chi connectivity index (χ0) is 11.5. The standard InChI is InChI=1S/C11H14N4O/c1-2-14-5-6-15(11(14)16)8-9-3-4-13-10(12)7-9/h3-7H,2,8H2,1H3,(H2,12,13). The molecule has 0 saturated heterocycles. The van der Waals surface area contributed by atoms with E-state index in [9.17, 15) is 4.79 Å². The monoisotopic (exact) mass is 218 g/mol. The maximum absolute atomic E-state index is 11.8. The van der Waals surface area contributed by atoms with E-state index in [1.807, 2.05) is 13.0 Å². The molecule has 2 aromatic rings. The molecule has 16 heavy (non-hydrogen) atoms. The van der Waals surface area contributed by atoms with Gasteiger partial charge < -0.3 is 5.73 Å². The lowest BCUT2D eigenvalue weighted by Gasteiger charge is -2.02. The highest BCUT2D eigenvalue weighted by Crippen LogP contribution is 2.04. The van der Waals surface area contributed by atoms with Gasteiger partial charge in [-0.25, -0.2) is 9.78 Å². The Balaban J connectivity index is 2.27. The topological polar surface area (TPSA) is 65.8 Å². The summed E-state index contributed by atoms with van der Waals surface area (Å²) in [5.41, 5.74) is 6.55. The third-order valence-corrected chi connectivity index (χ3v) is 2.46. The maximum atomic E-state index is 11.8. The number of hydrogen-bond donors (Lipinski definition) is 1. The van der Waals surface area contributed by atoms with Crippen molar-refractivity contribution in [3.05, 3.63) is 46.8 Å². The van der Waals surface area contributed by atoms with Gasteiger partial charge in [-0.3, -0.25) is 9.13 Å². The molecule has 2 N–H and O–H groups in total. The quantitative estimate of drug-likeness (QED) is 0.824. The minimum atomic E-state index is -0.00196. The number of hydrogen-bond acceptors (Lipinski definition) is 3. The van der Waals surface area contributed by atoms with Crippen LogP contribution in [0.15, 0.2) is 35.5 Å². The molecule has 0 bridgehead atoms. The molecule has 0 radical (unpaired) electrons. The Morgan fingerprint density at radius 2 is 2.12 bits per heavy atom. The molecule has 0 aliphatic carbocycles. The van der Waals surface area contributed by atoms with Crippen LogP contribution in [0.1, 0.15) is 12.5 Å². The Labute approximate surface area is 93.2 Å². The van der Waals surface area contributed by atoms with Gasteiger partial charge in [0.25, 0.3) is 0 Å². The summed E-state index contributed by atoms with van der Waals surface area (Å²) in [4.78, 5) is 15.7. The lowest BCUT2D eigenvalue weighted by atomic mass is 10.2. The van der Waals surface area contributed by atoms with Crippen LogP contribution in [0.3, 0.4) is 0 Å². The lowest BCUT2D eigenvalue weighted by Crippen LogP contribution is -2.23. The molecule has 0 saturated carbocycles. The Morgan fingerprint density at radius 3 is 2.75 bits per heavy atom. The maximum Gasteiger partial charge on any atom is 0.328 e. The molecular formula is C11H14N4O. The number of nitrogens with two attached hydrogens (primary N) is 1. The third-order valence-electron chi connectivity index (χ3n) is 2.46. The number of nitrogens with zero attached hydrogens (tertiary/aromatic N) is 3. The molecule has 2 heterocycles. The molecule has 0 fully saturated rings. The van der Waals surface area contributed by atoms with Gasteiger partial charge in [-0.2, -0.15) is 0 Å². The van der Waals surface area contributed by atoms with E-state index in [1.54, 1.807) is 33.8 Å². The SMILES string of the molecule is CCn1ccn(Cc2ccnc(N)c2)c1=O. The van der Waals surface area contributed by atoms with Gasteiger partial charge in [-0.15, -0.1) is 0 Å². The van der Waals surface area contributed by atoms with Gasteiger partial charge in [0.05, 0.1) is 6.54 Å². The fraction of sp³-hybridized carbons (Fsp3) is 0.273. The van der Waals surface area contributed by atoms with E-state index in [0.717, 1.165) is 5.56 Å². The van der Waals surface area contributed by atoms with E-state index in [2.05, 4.69) is 4.98 Å². The molecular weight excluding hydrogens is 204 g/mol. The average Bonchev–Trinajstić information content (AvgIpc) is 2.60. The molecule has 84 valence electrons. The van der Waals surface area contributed by atoms with Crippen LogP contribution in [-0.2, 0) is 13.1 Å². The number of anilines is 1. The second-order valence-corrected chi connectivity index (χ2v) is 3.58. The van der Waals surface area contributed by atoms with Gasteiger partial charge in [-0.1, -0.05) is 0 Å². The summed E-state index contributed by atoms with van der Waals surface area (Å²) in [6.45, 7) is 3.15. The summed E-state index contributed by atoms with van der Waals surface area (Å²) in [6.07, 6.45) is 5.21. The Bertz CT molecular complexity index is 541. The summed E-state index contributed by atoms with van der Waals surface area (Å²) in [6, 6.07) is 3.63. The zero-order valence-corrected chi connectivity index (χ0v) is 9.13. The van der Waals surface area contributed by atoms with Gasteiger partial charge in [0.2, 0.25) is 0 Å². The second kappa shape index (κ2) is 4.22. The number of rotatable bonds is 3. The molecule has 0 amide bonds. The van der Waals surface area contributed by atoms with Crippen molar-refractivity contribution in [1.82, 2.24) is 14.1 Å². The minimum Gasteiger partial charge on any atom is -0.384 e. The molecule has 0 aromatic carbocycles. The largest absolute Gasteiger partial charge is 0.384 e. The normalized spacial score (nSPS) is 10.6. The number of aromatic nitrogens is 3. The van der Waals surface area contributed by atoms with Crippen LogP contribution in [-0.4, -0.2) is 14.1 Å². The fourth-order valence-electron chi connectivity index (χ4n) is 1.60. The van der Waals surface area contributed by atoms with Crippen LogP contribution < -0.4 is 11.4 Å². The predicted molar refractivity (Wildman–Crippen MR) is 62.1 cm³/mol. The lowest BCUT2D eigenvalue weighted by molar-refractivity contribution is 0.668. The second-order valence-electron chi connectivity index (χ2n) is 3.58. The number of pyridine rings is 1. The van der Waals surface area contributed by atoms with Crippen LogP contribution in [0.25, 0.3) is 0 Å². The number of aryl methyl sites for hydroxylation is 1. The first kappa shape index (κ1) is 10.5. The van der Waals surface area contributed by atoms with Gasteiger partial charge >= 0.3 is 5.69 Å². The first-order chi connectivity index (χ1) is 7.70. The van der Waals surface area contributed by atoms with Crippen molar-refractivity contribution in [3.8, 4) is 0 Å². The summed E-state index contributed by atoms with van der Waals surface area (Å²) in [5, 5.41) is 0. The molecule has 5 nitrogen and oxygen atoms in total. The van der Waals surface area contributed by atoms with E-state index in [0.29, 0.717) is 18.9 Å². The van der Waals surface area contributed by atoms with Gasteiger partial charge in [0, 0.05) is 25.1 Å². The van der Waals surface area contributed by atoms with Crippen molar-refractivity contribution in [2.75, 3.05) is 5.73 Å². The van der Waals surface area contributed by atoms with Gasteiger partial charge in [-0.05, 0) is 24.6 Å². The molecule has 0 unspecified atom stereocenters. The van der Waals surface area contributed by atoms with Crippen molar-refractivity contribution >= 4 is 5.82 Å². The van der Waals surface area contributed by atoms with Crippen molar-refractivity contribution in [1.29, 1.82) is 0 Å². The molecule has 5 heteroatoms. The van der Waals surface area contributed by atoms with Gasteiger partial charge in [0.1, 0.15) is 5.82 Å². The van der Waals surface area contributed by atoms with Crippen LogP contribution in [0.4, 0.5) is 5.82 Å². The highest BCUT2D eigenvalue weighted by Gasteiger charge is 2.02. The highest BCUT2D eigenvalue weighted by molar-refractivity contribution is 5.31.